The molecule has 1 aromatic carbocycles. The van der Waals surface area contributed by atoms with Crippen LogP contribution in [0.15, 0.2) is 18.2 Å². The molecule has 0 spiro atoms. The summed E-state index contributed by atoms with van der Waals surface area (Å²) in [6.45, 7) is 6.83. The summed E-state index contributed by atoms with van der Waals surface area (Å²) in [5.74, 6) is -0.123. The Morgan fingerprint density at radius 2 is 1.95 bits per heavy atom. The summed E-state index contributed by atoms with van der Waals surface area (Å²) in [7, 11) is 0. The highest BCUT2D eigenvalue weighted by Gasteiger charge is 2.22. The van der Waals surface area contributed by atoms with Gasteiger partial charge in [-0.25, -0.2) is 4.39 Å². The van der Waals surface area contributed by atoms with Crippen molar-refractivity contribution in [1.29, 1.82) is 0 Å². The molecule has 2 rings (SSSR count). The van der Waals surface area contributed by atoms with Crippen molar-refractivity contribution >= 4 is 5.69 Å². The van der Waals surface area contributed by atoms with Crippen molar-refractivity contribution in [2.45, 2.75) is 52.1 Å². The predicted octanol–water partition coefficient (Wildman–Crippen LogP) is 3.70. The summed E-state index contributed by atoms with van der Waals surface area (Å²) in [4.78, 5) is 2.37. The fraction of sp³-hybridized carbons (Fsp3) is 0.625. The second-order valence-electron chi connectivity index (χ2n) is 5.32. The summed E-state index contributed by atoms with van der Waals surface area (Å²) < 4.78 is 13.8. The van der Waals surface area contributed by atoms with E-state index >= 15 is 0 Å². The van der Waals surface area contributed by atoms with E-state index in [1.165, 1.54) is 25.7 Å². The maximum atomic E-state index is 13.8. The van der Waals surface area contributed by atoms with Gasteiger partial charge in [0.15, 0.2) is 0 Å². The van der Waals surface area contributed by atoms with Gasteiger partial charge in [0.25, 0.3) is 0 Å². The summed E-state index contributed by atoms with van der Waals surface area (Å²) >= 11 is 0. The van der Waals surface area contributed by atoms with Crippen LogP contribution in [-0.2, 0) is 6.54 Å². The van der Waals surface area contributed by atoms with Gasteiger partial charge in [0, 0.05) is 24.8 Å². The lowest BCUT2D eigenvalue weighted by Crippen LogP contribution is -2.33. The van der Waals surface area contributed by atoms with Gasteiger partial charge in [-0.1, -0.05) is 19.8 Å². The standard InChI is InChI=1S/C16H25FN2/c1-3-18-12-13-9-14(17)11-16(10-13)19(4-2)15-7-5-6-8-15/h9-11,15,18H,3-8,12H2,1-2H3. The third-order valence-corrected chi connectivity index (χ3v) is 3.96. The molecular formula is C16H25FN2. The number of benzene rings is 1. The van der Waals surface area contributed by atoms with Crippen molar-refractivity contribution in [3.05, 3.63) is 29.6 Å². The van der Waals surface area contributed by atoms with Gasteiger partial charge < -0.3 is 10.2 Å². The molecule has 0 amide bonds. The Labute approximate surface area is 116 Å². The zero-order valence-corrected chi connectivity index (χ0v) is 12.1. The molecule has 3 heteroatoms. The summed E-state index contributed by atoms with van der Waals surface area (Å²) in [5.41, 5.74) is 2.08. The first-order chi connectivity index (χ1) is 9.24. The molecule has 0 bridgehead atoms. The lowest BCUT2D eigenvalue weighted by molar-refractivity contribution is 0.602. The van der Waals surface area contributed by atoms with Crippen molar-refractivity contribution in [1.82, 2.24) is 5.32 Å². The van der Waals surface area contributed by atoms with Gasteiger partial charge in [-0.15, -0.1) is 0 Å². The molecule has 19 heavy (non-hydrogen) atoms. The van der Waals surface area contributed by atoms with Crippen LogP contribution in [0, 0.1) is 5.82 Å². The summed E-state index contributed by atoms with van der Waals surface area (Å²) in [6, 6.07) is 6.04. The average molecular weight is 264 g/mol. The smallest absolute Gasteiger partial charge is 0.125 e. The Morgan fingerprint density at radius 1 is 1.21 bits per heavy atom. The molecule has 0 aromatic heterocycles. The van der Waals surface area contributed by atoms with Gasteiger partial charge in [0.2, 0.25) is 0 Å². The molecule has 0 saturated heterocycles. The minimum Gasteiger partial charge on any atom is -0.369 e. The molecule has 1 aromatic rings. The number of hydrogen-bond acceptors (Lipinski definition) is 2. The predicted molar refractivity (Wildman–Crippen MR) is 79.1 cm³/mol. The van der Waals surface area contributed by atoms with E-state index in [1.54, 1.807) is 12.1 Å². The molecule has 1 aliphatic rings. The van der Waals surface area contributed by atoms with Gasteiger partial charge >= 0.3 is 0 Å². The first-order valence-corrected chi connectivity index (χ1v) is 7.51. The van der Waals surface area contributed by atoms with E-state index in [2.05, 4.69) is 30.1 Å². The van der Waals surface area contributed by atoms with E-state index in [0.717, 1.165) is 30.9 Å². The minimum atomic E-state index is -0.123. The van der Waals surface area contributed by atoms with Crippen molar-refractivity contribution in [2.24, 2.45) is 0 Å². The third-order valence-electron chi connectivity index (χ3n) is 3.96. The lowest BCUT2D eigenvalue weighted by Gasteiger charge is -2.30. The van der Waals surface area contributed by atoms with Crippen LogP contribution in [0.4, 0.5) is 10.1 Å². The van der Waals surface area contributed by atoms with Gasteiger partial charge in [0.05, 0.1) is 0 Å². The third kappa shape index (κ3) is 3.69. The monoisotopic (exact) mass is 264 g/mol. The van der Waals surface area contributed by atoms with E-state index < -0.39 is 0 Å². The molecule has 2 nitrogen and oxygen atoms in total. The van der Waals surface area contributed by atoms with E-state index in [-0.39, 0.29) is 5.82 Å². The van der Waals surface area contributed by atoms with Crippen LogP contribution >= 0.6 is 0 Å². The number of nitrogens with zero attached hydrogens (tertiary/aromatic N) is 1. The van der Waals surface area contributed by atoms with Gasteiger partial charge in [0.1, 0.15) is 5.82 Å². The van der Waals surface area contributed by atoms with Crippen LogP contribution in [0.5, 0.6) is 0 Å². The quantitative estimate of drug-likeness (QED) is 0.842. The Hall–Kier alpha value is -1.09. The first-order valence-electron chi connectivity index (χ1n) is 7.51. The van der Waals surface area contributed by atoms with Gasteiger partial charge in [-0.3, -0.25) is 0 Å². The van der Waals surface area contributed by atoms with Crippen LogP contribution < -0.4 is 10.2 Å². The van der Waals surface area contributed by atoms with Crippen LogP contribution in [0.25, 0.3) is 0 Å². The number of hydrogen-bond donors (Lipinski definition) is 1. The summed E-state index contributed by atoms with van der Waals surface area (Å²) in [5, 5.41) is 3.26. The van der Waals surface area contributed by atoms with Crippen molar-refractivity contribution in [3.8, 4) is 0 Å². The minimum absolute atomic E-state index is 0.123. The topological polar surface area (TPSA) is 15.3 Å². The van der Waals surface area contributed by atoms with Gasteiger partial charge in [-0.2, -0.15) is 0 Å². The zero-order chi connectivity index (χ0) is 13.7. The van der Waals surface area contributed by atoms with Crippen molar-refractivity contribution in [3.63, 3.8) is 0 Å². The molecule has 106 valence electrons. The Balaban J connectivity index is 2.18. The van der Waals surface area contributed by atoms with Crippen LogP contribution in [0.2, 0.25) is 0 Å². The SMILES string of the molecule is CCNCc1cc(F)cc(N(CC)C2CCCC2)c1. The molecule has 1 N–H and O–H groups in total. The fourth-order valence-corrected chi connectivity index (χ4v) is 3.04. The molecule has 0 radical (unpaired) electrons. The normalized spacial score (nSPS) is 15.9. The first kappa shape index (κ1) is 14.3. The molecule has 0 atom stereocenters. The molecular weight excluding hydrogens is 239 g/mol. The van der Waals surface area contributed by atoms with E-state index in [1.807, 2.05) is 0 Å². The highest BCUT2D eigenvalue weighted by Crippen LogP contribution is 2.29. The molecule has 0 aliphatic heterocycles. The second-order valence-corrected chi connectivity index (χ2v) is 5.32. The largest absolute Gasteiger partial charge is 0.369 e. The molecule has 0 unspecified atom stereocenters. The van der Waals surface area contributed by atoms with Crippen molar-refractivity contribution < 1.29 is 4.39 Å². The Bertz CT molecular complexity index is 400. The highest BCUT2D eigenvalue weighted by molar-refractivity contribution is 5.50. The van der Waals surface area contributed by atoms with Crippen LogP contribution in [-0.4, -0.2) is 19.1 Å². The maximum Gasteiger partial charge on any atom is 0.125 e. The molecule has 1 fully saturated rings. The Kier molecular flexibility index (Phi) is 5.20. The van der Waals surface area contributed by atoms with Crippen molar-refractivity contribution in [2.75, 3.05) is 18.0 Å². The summed E-state index contributed by atoms with van der Waals surface area (Å²) in [6.07, 6.45) is 5.10. The van der Waals surface area contributed by atoms with Crippen LogP contribution in [0.3, 0.4) is 0 Å². The van der Waals surface area contributed by atoms with E-state index in [0.29, 0.717) is 6.04 Å². The second kappa shape index (κ2) is 6.90. The average Bonchev–Trinajstić information content (AvgIpc) is 2.90. The number of anilines is 1. The zero-order valence-electron chi connectivity index (χ0n) is 12.1. The lowest BCUT2D eigenvalue weighted by atomic mass is 10.1. The molecule has 0 heterocycles. The molecule has 1 aliphatic carbocycles. The number of nitrogens with one attached hydrogen (secondary N) is 1. The fourth-order valence-electron chi connectivity index (χ4n) is 3.04. The van der Waals surface area contributed by atoms with Gasteiger partial charge in [-0.05, 0) is 50.1 Å². The van der Waals surface area contributed by atoms with Crippen LogP contribution in [0.1, 0.15) is 45.1 Å². The highest BCUT2D eigenvalue weighted by atomic mass is 19.1. The Morgan fingerprint density at radius 3 is 2.58 bits per heavy atom. The van der Waals surface area contributed by atoms with E-state index in [4.69, 9.17) is 0 Å². The number of rotatable bonds is 6. The van der Waals surface area contributed by atoms with E-state index in [9.17, 15) is 4.39 Å². The molecule has 1 saturated carbocycles. The number of halogens is 1. The maximum absolute atomic E-state index is 13.8.